The van der Waals surface area contributed by atoms with E-state index >= 15 is 0 Å². The second-order valence-corrected chi connectivity index (χ2v) is 5.45. The molecule has 0 heterocycles. The van der Waals surface area contributed by atoms with Crippen molar-refractivity contribution < 1.29 is 9.53 Å². The van der Waals surface area contributed by atoms with Crippen LogP contribution in [-0.2, 0) is 0 Å². The standard InChI is InChI=1S/C15H14BrClN2O2/c16-13-3-1-2-4-14(13)19-15(20)18-9-10-21-12-7-5-11(17)6-8-12/h1-8H,9-10H2,(H2,18,19,20). The Morgan fingerprint density at radius 1 is 1.14 bits per heavy atom. The second-order valence-electron chi connectivity index (χ2n) is 4.16. The zero-order valence-corrected chi connectivity index (χ0v) is 13.4. The fourth-order valence-corrected chi connectivity index (χ4v) is 2.10. The van der Waals surface area contributed by atoms with E-state index in [2.05, 4.69) is 26.6 Å². The molecule has 0 saturated heterocycles. The van der Waals surface area contributed by atoms with Crippen LogP contribution in [0.2, 0.25) is 5.02 Å². The Morgan fingerprint density at radius 3 is 2.57 bits per heavy atom. The van der Waals surface area contributed by atoms with Gasteiger partial charge in [-0.15, -0.1) is 0 Å². The summed E-state index contributed by atoms with van der Waals surface area (Å²) in [5.74, 6) is 0.715. The van der Waals surface area contributed by atoms with Gasteiger partial charge in [0.15, 0.2) is 0 Å². The lowest BCUT2D eigenvalue weighted by Gasteiger charge is -2.10. The van der Waals surface area contributed by atoms with E-state index in [0.717, 1.165) is 4.47 Å². The van der Waals surface area contributed by atoms with Crippen molar-refractivity contribution in [1.82, 2.24) is 5.32 Å². The number of anilines is 1. The van der Waals surface area contributed by atoms with Crippen LogP contribution in [0, 0.1) is 0 Å². The minimum Gasteiger partial charge on any atom is -0.492 e. The largest absolute Gasteiger partial charge is 0.492 e. The maximum Gasteiger partial charge on any atom is 0.319 e. The van der Waals surface area contributed by atoms with E-state index in [1.54, 1.807) is 24.3 Å². The molecule has 0 bridgehead atoms. The van der Waals surface area contributed by atoms with Crippen LogP contribution in [0.15, 0.2) is 53.0 Å². The smallest absolute Gasteiger partial charge is 0.319 e. The Bertz CT molecular complexity index is 605. The second kappa shape index (κ2) is 7.90. The Balaban J connectivity index is 1.70. The van der Waals surface area contributed by atoms with Crippen LogP contribution >= 0.6 is 27.5 Å². The average molecular weight is 370 g/mol. The van der Waals surface area contributed by atoms with Gasteiger partial charge in [0.05, 0.1) is 12.2 Å². The molecule has 2 N–H and O–H groups in total. The van der Waals surface area contributed by atoms with Gasteiger partial charge in [-0.1, -0.05) is 23.7 Å². The fourth-order valence-electron chi connectivity index (χ4n) is 1.59. The lowest BCUT2D eigenvalue weighted by molar-refractivity contribution is 0.247. The van der Waals surface area contributed by atoms with E-state index < -0.39 is 0 Å². The molecule has 0 aromatic heterocycles. The van der Waals surface area contributed by atoms with Crippen molar-refractivity contribution in [2.75, 3.05) is 18.5 Å². The molecule has 4 nitrogen and oxygen atoms in total. The zero-order valence-electron chi connectivity index (χ0n) is 11.1. The predicted molar refractivity (Wildman–Crippen MR) is 88.1 cm³/mol. The third kappa shape index (κ3) is 5.28. The number of nitrogens with one attached hydrogen (secondary N) is 2. The molecule has 0 atom stereocenters. The molecule has 0 radical (unpaired) electrons. The van der Waals surface area contributed by atoms with Crippen molar-refractivity contribution in [3.8, 4) is 5.75 Å². The number of hydrogen-bond acceptors (Lipinski definition) is 2. The Hall–Kier alpha value is -1.72. The molecule has 2 amide bonds. The van der Waals surface area contributed by atoms with E-state index in [4.69, 9.17) is 16.3 Å². The molecule has 0 fully saturated rings. The summed E-state index contributed by atoms with van der Waals surface area (Å²) in [5, 5.41) is 6.12. The lowest BCUT2D eigenvalue weighted by Crippen LogP contribution is -2.32. The Morgan fingerprint density at radius 2 is 1.86 bits per heavy atom. The highest BCUT2D eigenvalue weighted by Crippen LogP contribution is 2.20. The summed E-state index contributed by atoms with van der Waals surface area (Å²) in [6.45, 7) is 0.782. The normalized spacial score (nSPS) is 10.0. The van der Waals surface area contributed by atoms with Crippen molar-refractivity contribution in [1.29, 1.82) is 0 Å². The number of urea groups is 1. The van der Waals surface area contributed by atoms with Gasteiger partial charge in [-0.2, -0.15) is 0 Å². The van der Waals surface area contributed by atoms with Gasteiger partial charge in [0.25, 0.3) is 0 Å². The number of carbonyl (C=O) groups is 1. The Labute approximate surface area is 136 Å². The molecule has 0 aliphatic heterocycles. The number of para-hydroxylation sites is 1. The van der Waals surface area contributed by atoms with E-state index in [1.807, 2.05) is 24.3 Å². The third-order valence-electron chi connectivity index (χ3n) is 2.59. The molecule has 2 aromatic carbocycles. The molecule has 110 valence electrons. The third-order valence-corrected chi connectivity index (χ3v) is 3.54. The van der Waals surface area contributed by atoms with Crippen LogP contribution in [-0.4, -0.2) is 19.2 Å². The van der Waals surface area contributed by atoms with Crippen LogP contribution in [0.5, 0.6) is 5.75 Å². The number of ether oxygens (including phenoxy) is 1. The number of rotatable bonds is 5. The van der Waals surface area contributed by atoms with Gasteiger partial charge < -0.3 is 15.4 Å². The first kappa shape index (κ1) is 15.7. The minimum absolute atomic E-state index is 0.276. The highest BCUT2D eigenvalue weighted by atomic mass is 79.9. The summed E-state index contributed by atoms with van der Waals surface area (Å²) in [7, 11) is 0. The number of carbonyl (C=O) groups excluding carboxylic acids is 1. The predicted octanol–water partition coefficient (Wildman–Crippen LogP) is 4.30. The van der Waals surface area contributed by atoms with E-state index in [1.165, 1.54) is 0 Å². The Kier molecular flexibility index (Phi) is 5.90. The molecular weight excluding hydrogens is 356 g/mol. The summed E-state index contributed by atoms with van der Waals surface area (Å²) in [4.78, 5) is 11.7. The van der Waals surface area contributed by atoms with Crippen molar-refractivity contribution in [2.24, 2.45) is 0 Å². The molecule has 6 heteroatoms. The summed E-state index contributed by atoms with van der Waals surface area (Å²) in [6.07, 6.45) is 0. The van der Waals surface area contributed by atoms with Gasteiger partial charge in [-0.3, -0.25) is 0 Å². The maximum absolute atomic E-state index is 11.7. The molecule has 0 unspecified atom stereocenters. The molecule has 0 aliphatic rings. The zero-order chi connectivity index (χ0) is 15.1. The molecule has 21 heavy (non-hydrogen) atoms. The molecule has 2 aromatic rings. The first-order chi connectivity index (χ1) is 10.1. The van der Waals surface area contributed by atoms with Gasteiger partial charge in [-0.25, -0.2) is 4.79 Å². The monoisotopic (exact) mass is 368 g/mol. The quantitative estimate of drug-likeness (QED) is 0.772. The number of hydrogen-bond donors (Lipinski definition) is 2. The first-order valence-corrected chi connectivity index (χ1v) is 7.50. The minimum atomic E-state index is -0.276. The van der Waals surface area contributed by atoms with E-state index in [0.29, 0.717) is 29.6 Å². The van der Waals surface area contributed by atoms with Crippen LogP contribution in [0.4, 0.5) is 10.5 Å². The molecular formula is C15H14BrClN2O2. The van der Waals surface area contributed by atoms with Gasteiger partial charge in [0.2, 0.25) is 0 Å². The van der Waals surface area contributed by atoms with Crippen LogP contribution in [0.1, 0.15) is 0 Å². The van der Waals surface area contributed by atoms with Gasteiger partial charge in [0, 0.05) is 9.50 Å². The summed E-state index contributed by atoms with van der Waals surface area (Å²) in [6, 6.07) is 14.2. The van der Waals surface area contributed by atoms with E-state index in [9.17, 15) is 4.79 Å². The molecule has 0 aliphatic carbocycles. The van der Waals surface area contributed by atoms with Crippen molar-refractivity contribution in [3.63, 3.8) is 0 Å². The molecule has 0 spiro atoms. The average Bonchev–Trinajstić information content (AvgIpc) is 2.48. The highest BCUT2D eigenvalue weighted by molar-refractivity contribution is 9.10. The van der Waals surface area contributed by atoms with Gasteiger partial charge in [-0.05, 0) is 52.3 Å². The summed E-state index contributed by atoms with van der Waals surface area (Å²) >= 11 is 9.14. The van der Waals surface area contributed by atoms with Crippen molar-refractivity contribution >= 4 is 39.2 Å². The van der Waals surface area contributed by atoms with Gasteiger partial charge >= 0.3 is 6.03 Å². The number of amides is 2. The van der Waals surface area contributed by atoms with Crippen molar-refractivity contribution in [2.45, 2.75) is 0 Å². The van der Waals surface area contributed by atoms with Crippen LogP contribution in [0.3, 0.4) is 0 Å². The summed E-state index contributed by atoms with van der Waals surface area (Å²) in [5.41, 5.74) is 0.716. The van der Waals surface area contributed by atoms with Crippen molar-refractivity contribution in [3.05, 3.63) is 58.0 Å². The van der Waals surface area contributed by atoms with Crippen LogP contribution in [0.25, 0.3) is 0 Å². The van der Waals surface area contributed by atoms with E-state index in [-0.39, 0.29) is 6.03 Å². The fraction of sp³-hybridized carbons (Fsp3) is 0.133. The van der Waals surface area contributed by atoms with Gasteiger partial charge in [0.1, 0.15) is 12.4 Å². The molecule has 2 rings (SSSR count). The summed E-state index contributed by atoms with van der Waals surface area (Å²) < 4.78 is 6.31. The number of benzene rings is 2. The SMILES string of the molecule is O=C(NCCOc1ccc(Cl)cc1)Nc1ccccc1Br. The number of halogens is 2. The molecule has 0 saturated carbocycles. The maximum atomic E-state index is 11.7. The lowest BCUT2D eigenvalue weighted by atomic mass is 10.3. The first-order valence-electron chi connectivity index (χ1n) is 6.33. The highest BCUT2D eigenvalue weighted by Gasteiger charge is 2.03. The van der Waals surface area contributed by atoms with Crippen LogP contribution < -0.4 is 15.4 Å². The topological polar surface area (TPSA) is 50.4 Å².